The molecule has 0 heterocycles. The SMILES string of the molecule is BrCc1cc(COc2cc(COc3cc(COCc4cccc(N(c5ccccc5)c5ccc6ccc7cccc8ccc5c6c78)c4)cc(OCc4ccccc4)c3)cc(OCc3cc(OCc4ccccc4)cc(OCc4ccccc4)c3)c2)cc(OCc2cc(OCc3cc(OCc4ccccc4)cc(OCc4ccccc4)c3)cc(OCc3cc(OCc4ccccc4)cc(OCc4ccccc4)c3)c2)c1. The average molecular weight is 1960 g/mol. The van der Waals surface area contributed by atoms with Gasteiger partial charge in [-0.1, -0.05) is 313 Å². The van der Waals surface area contributed by atoms with Crippen LogP contribution in [0, 0.1) is 0 Å². The Morgan fingerprint density at radius 3 is 0.667 bits per heavy atom. The lowest BCUT2D eigenvalue weighted by Gasteiger charge is -2.28. The Balaban J connectivity index is 0.576. The van der Waals surface area contributed by atoms with E-state index in [0.717, 1.165) is 106 Å². The van der Waals surface area contributed by atoms with E-state index in [1.54, 1.807) is 0 Å². The van der Waals surface area contributed by atoms with Crippen molar-refractivity contribution >= 4 is 65.3 Å². The molecule has 0 saturated heterocycles. The maximum Gasteiger partial charge on any atom is 0.123 e. The Hall–Kier alpha value is -16.9. The topological polar surface area (TPSA) is 132 Å². The molecule has 0 amide bonds. The Morgan fingerprint density at radius 2 is 0.368 bits per heavy atom. The third-order valence-electron chi connectivity index (χ3n) is 24.5. The smallest absolute Gasteiger partial charge is 0.123 e. The van der Waals surface area contributed by atoms with Gasteiger partial charge in [0.25, 0.3) is 0 Å². The van der Waals surface area contributed by atoms with E-state index in [9.17, 15) is 0 Å². The first-order valence-corrected chi connectivity index (χ1v) is 49.4. The van der Waals surface area contributed by atoms with E-state index in [2.05, 4.69) is 148 Å². The lowest BCUT2D eigenvalue weighted by Crippen LogP contribution is -2.11. The van der Waals surface area contributed by atoms with Gasteiger partial charge in [-0.05, 0) is 231 Å². The molecule has 0 N–H and O–H groups in total. The molecule has 0 unspecified atom stereocenters. The molecule has 0 atom stereocenters. The summed E-state index contributed by atoms with van der Waals surface area (Å²) in [7, 11) is 0. The van der Waals surface area contributed by atoms with Gasteiger partial charge in [0.15, 0.2) is 0 Å². The molecule has 0 aliphatic heterocycles. The van der Waals surface area contributed by atoms with Crippen molar-refractivity contribution in [2.24, 2.45) is 0 Å². The predicted octanol–water partition coefficient (Wildman–Crippen LogP) is 31.2. The van der Waals surface area contributed by atoms with Crippen molar-refractivity contribution in [3.05, 3.63) is 538 Å². The van der Waals surface area contributed by atoms with Gasteiger partial charge in [-0.25, -0.2) is 0 Å². The van der Waals surface area contributed by atoms with Gasteiger partial charge in [0.2, 0.25) is 0 Å². The minimum Gasteiger partial charge on any atom is -0.489 e. The highest BCUT2D eigenvalue weighted by Gasteiger charge is 2.22. The van der Waals surface area contributed by atoms with Crippen molar-refractivity contribution in [3.8, 4) is 74.7 Å². The predicted molar refractivity (Wildman–Crippen MR) is 572 cm³/mol. The summed E-state index contributed by atoms with van der Waals surface area (Å²) in [5, 5.41) is 7.89. The van der Waals surface area contributed by atoms with E-state index in [1.165, 1.54) is 32.3 Å². The molecule has 20 rings (SSSR count). The van der Waals surface area contributed by atoms with Crippen molar-refractivity contribution in [2.75, 3.05) is 4.90 Å². The van der Waals surface area contributed by atoms with Crippen LogP contribution in [0.5, 0.6) is 74.7 Å². The van der Waals surface area contributed by atoms with Gasteiger partial charge in [0, 0.05) is 58.5 Å². The van der Waals surface area contributed by atoms with Gasteiger partial charge in [0.05, 0.1) is 18.9 Å². The average Bonchev–Trinajstić information content (AvgIpc) is 0.729. The van der Waals surface area contributed by atoms with E-state index in [0.29, 0.717) is 133 Å². The number of anilines is 3. The van der Waals surface area contributed by atoms with E-state index >= 15 is 0 Å². The highest BCUT2D eigenvalue weighted by molar-refractivity contribution is 9.08. The molecule has 15 nitrogen and oxygen atoms in total. The first-order chi connectivity index (χ1) is 71.1. The summed E-state index contributed by atoms with van der Waals surface area (Å²) >= 11 is 3.80. The number of alkyl halides is 1. The zero-order valence-electron chi connectivity index (χ0n) is 79.6. The van der Waals surface area contributed by atoms with Crippen LogP contribution in [0.3, 0.4) is 0 Å². The lowest BCUT2D eigenvalue weighted by molar-refractivity contribution is 0.106. The minimum absolute atomic E-state index is 0.119. The first-order valence-electron chi connectivity index (χ1n) is 48.3. The van der Waals surface area contributed by atoms with Crippen LogP contribution in [0.4, 0.5) is 17.1 Å². The number of benzene rings is 20. The molecular formula is C128H106BrNO14. The van der Waals surface area contributed by atoms with Gasteiger partial charge >= 0.3 is 0 Å². The molecule has 0 saturated carbocycles. The van der Waals surface area contributed by atoms with E-state index in [4.69, 9.17) is 66.3 Å². The van der Waals surface area contributed by atoms with Crippen LogP contribution in [-0.2, 0) is 109 Å². The lowest BCUT2D eigenvalue weighted by atomic mass is 9.93. The van der Waals surface area contributed by atoms with Crippen LogP contribution >= 0.6 is 15.9 Å². The zero-order chi connectivity index (χ0) is 97.1. The Kier molecular flexibility index (Phi) is 31.1. The molecule has 714 valence electrons. The fourth-order valence-corrected chi connectivity index (χ4v) is 17.8. The van der Waals surface area contributed by atoms with E-state index in [1.807, 2.05) is 322 Å². The molecule has 0 aromatic heterocycles. The van der Waals surface area contributed by atoms with Crippen LogP contribution in [0.2, 0.25) is 0 Å². The maximum atomic E-state index is 6.95. The van der Waals surface area contributed by atoms with Crippen LogP contribution in [-0.4, -0.2) is 0 Å². The summed E-state index contributed by atoms with van der Waals surface area (Å²) in [6.07, 6.45) is 0. The molecular weight excluding hydrogens is 1860 g/mol. The van der Waals surface area contributed by atoms with Gasteiger partial charge in [-0.2, -0.15) is 0 Å². The summed E-state index contributed by atoms with van der Waals surface area (Å²) in [4.78, 5) is 2.35. The van der Waals surface area contributed by atoms with E-state index < -0.39 is 0 Å². The fourth-order valence-electron chi connectivity index (χ4n) is 17.4. The second kappa shape index (κ2) is 47.4. The number of hydrogen-bond donors (Lipinski definition) is 0. The summed E-state index contributed by atoms with van der Waals surface area (Å²) < 4.78 is 93.5. The number of rotatable bonds is 47. The quantitative estimate of drug-likeness (QED) is 0.0264. The van der Waals surface area contributed by atoms with Gasteiger partial charge < -0.3 is 71.2 Å². The third-order valence-corrected chi connectivity index (χ3v) is 25.1. The minimum atomic E-state index is 0.119. The van der Waals surface area contributed by atoms with Gasteiger partial charge in [-0.15, -0.1) is 0 Å². The third kappa shape index (κ3) is 26.2. The van der Waals surface area contributed by atoms with Crippen LogP contribution in [0.1, 0.15) is 89.0 Å². The second-order valence-electron chi connectivity index (χ2n) is 35.4. The summed E-state index contributed by atoms with van der Waals surface area (Å²) in [6.45, 7) is 4.02. The molecule has 0 fully saturated rings. The Labute approximate surface area is 847 Å². The number of hydrogen-bond acceptors (Lipinski definition) is 15. The normalized spacial score (nSPS) is 11.1. The van der Waals surface area contributed by atoms with Crippen LogP contribution in [0.25, 0.3) is 32.3 Å². The fraction of sp³-hybridized carbons (Fsp3) is 0.125. The Bertz CT molecular complexity index is 7250. The maximum absolute atomic E-state index is 6.95. The summed E-state index contributed by atoms with van der Waals surface area (Å²) in [5.74, 6) is 7.85. The summed E-state index contributed by atoms with van der Waals surface area (Å²) in [5.41, 5.74) is 18.2. The Morgan fingerprint density at radius 1 is 0.153 bits per heavy atom. The molecule has 20 aromatic carbocycles. The van der Waals surface area contributed by atoms with Crippen LogP contribution in [0.15, 0.2) is 449 Å². The highest BCUT2D eigenvalue weighted by Crippen LogP contribution is 2.45. The molecule has 0 aliphatic carbocycles. The number of nitrogens with zero attached hydrogens (tertiary/aromatic N) is 1. The van der Waals surface area contributed by atoms with Crippen LogP contribution < -0.4 is 66.5 Å². The van der Waals surface area contributed by atoms with Crippen molar-refractivity contribution in [3.63, 3.8) is 0 Å². The van der Waals surface area contributed by atoms with E-state index in [-0.39, 0.29) is 46.2 Å². The first kappa shape index (κ1) is 94.7. The monoisotopic (exact) mass is 1960 g/mol. The number of para-hydroxylation sites is 1. The molecule has 20 aromatic rings. The number of halogens is 1. The molecule has 0 radical (unpaired) electrons. The molecule has 0 bridgehead atoms. The molecule has 0 spiro atoms. The molecule has 16 heteroatoms. The van der Waals surface area contributed by atoms with Gasteiger partial charge in [0.1, 0.15) is 161 Å². The largest absolute Gasteiger partial charge is 0.489 e. The molecule has 0 aliphatic rings. The van der Waals surface area contributed by atoms with Crippen molar-refractivity contribution < 1.29 is 66.3 Å². The molecule has 144 heavy (non-hydrogen) atoms. The van der Waals surface area contributed by atoms with Gasteiger partial charge in [-0.3, -0.25) is 0 Å². The zero-order valence-corrected chi connectivity index (χ0v) is 81.2. The number of ether oxygens (including phenoxy) is 14. The highest BCUT2D eigenvalue weighted by atomic mass is 79.9. The van der Waals surface area contributed by atoms with Crippen molar-refractivity contribution in [2.45, 2.75) is 104 Å². The second-order valence-corrected chi connectivity index (χ2v) is 36.0. The van der Waals surface area contributed by atoms with Crippen molar-refractivity contribution in [1.29, 1.82) is 0 Å². The summed E-state index contributed by atoms with van der Waals surface area (Å²) in [6, 6.07) is 152. The van der Waals surface area contributed by atoms with Crippen molar-refractivity contribution in [1.82, 2.24) is 0 Å². The standard InChI is InChI=1S/C128H106BrNO14/c129-75-99-53-100(56-112(55-99)139-86-102-65-122(142-88-103-59-115(133-79-92-29-11-2-12-30-92)70-116(60-103)134-80-93-31-13-3-14-32-93)74-123(66-102)143-89-104-61-117(135-81-94-33-15-4-16-34-94)71-118(62-104)136-82-95-35-17-5-18-36-95)85-140-121-67-106(68-124(73-121)144-90-105-63-119(137-83-96-37-19-6-20-38-96)72-120(64-105)138-84-97-39-21-7-22-40-97)87-141-114-58-101(57-113(69-114)132-78-91-27-9-1-10-28-91)77-131-76-98-41-25-46-111(54-98)130(110-44-23-8-24-45-110)126-52-50-109-48-47-107-42-26-43-108-49-51-125(126)128(109)127(107)108/h1-74H,75-90H2.